The molecule has 0 atom stereocenters. The van der Waals surface area contributed by atoms with Crippen LogP contribution in [0.5, 0.6) is 0 Å². The number of rotatable bonds is 8. The SMILES string of the molecule is CCCCCC/C(C)=N\N=C1\SCC(=O)N1Cc1ccccc1. The standard InChI is InChI=1S/C18H25N3OS/c1-3-4-5-7-10-15(2)19-20-18-21(17(22)14-23-18)13-16-11-8-6-9-12-16/h6,8-9,11-12H,3-5,7,10,13-14H2,1-2H3/b19-15-,20-18+. The van der Waals surface area contributed by atoms with Crippen LogP contribution in [0.15, 0.2) is 40.5 Å². The van der Waals surface area contributed by atoms with Gasteiger partial charge in [-0.15, -0.1) is 5.10 Å². The second-order valence-electron chi connectivity index (χ2n) is 5.78. The molecule has 0 radical (unpaired) electrons. The van der Waals surface area contributed by atoms with Crippen molar-refractivity contribution in [3.63, 3.8) is 0 Å². The topological polar surface area (TPSA) is 45.0 Å². The second kappa shape index (κ2) is 9.50. The summed E-state index contributed by atoms with van der Waals surface area (Å²) >= 11 is 1.47. The number of hydrogen-bond acceptors (Lipinski definition) is 4. The van der Waals surface area contributed by atoms with Crippen LogP contribution in [-0.4, -0.2) is 27.4 Å². The molecule has 2 rings (SSSR count). The molecule has 1 heterocycles. The van der Waals surface area contributed by atoms with Gasteiger partial charge in [0.25, 0.3) is 0 Å². The second-order valence-corrected chi connectivity index (χ2v) is 6.73. The van der Waals surface area contributed by atoms with Gasteiger partial charge >= 0.3 is 0 Å². The molecule has 1 fully saturated rings. The Bertz CT molecular complexity index is 569. The molecular formula is C18H25N3OS. The molecule has 1 amide bonds. The van der Waals surface area contributed by atoms with Crippen molar-refractivity contribution >= 4 is 28.5 Å². The number of carbonyl (C=O) groups is 1. The number of unbranched alkanes of at least 4 members (excludes halogenated alkanes) is 3. The average Bonchev–Trinajstić information content (AvgIpc) is 2.91. The monoisotopic (exact) mass is 331 g/mol. The number of hydrogen-bond donors (Lipinski definition) is 0. The molecule has 4 nitrogen and oxygen atoms in total. The molecule has 1 aliphatic heterocycles. The van der Waals surface area contributed by atoms with Crippen molar-refractivity contribution in [2.75, 3.05) is 5.75 Å². The molecule has 0 spiro atoms. The van der Waals surface area contributed by atoms with Gasteiger partial charge in [0.05, 0.1) is 12.3 Å². The van der Waals surface area contributed by atoms with Crippen LogP contribution in [-0.2, 0) is 11.3 Å². The maximum Gasteiger partial charge on any atom is 0.239 e. The lowest BCUT2D eigenvalue weighted by atomic mass is 10.1. The molecule has 1 aliphatic rings. The Labute approximate surface area is 143 Å². The Balaban J connectivity index is 1.95. The van der Waals surface area contributed by atoms with Gasteiger partial charge in [-0.25, -0.2) is 0 Å². The molecule has 1 aromatic rings. The fourth-order valence-corrected chi connectivity index (χ4v) is 3.21. The van der Waals surface area contributed by atoms with E-state index < -0.39 is 0 Å². The minimum absolute atomic E-state index is 0.105. The predicted molar refractivity (Wildman–Crippen MR) is 98.8 cm³/mol. The summed E-state index contributed by atoms with van der Waals surface area (Å²) < 4.78 is 0. The largest absolute Gasteiger partial charge is 0.285 e. The molecule has 1 saturated heterocycles. The highest BCUT2D eigenvalue weighted by molar-refractivity contribution is 8.15. The van der Waals surface area contributed by atoms with Crippen molar-refractivity contribution in [1.29, 1.82) is 0 Å². The Morgan fingerprint density at radius 1 is 1.22 bits per heavy atom. The highest BCUT2D eigenvalue weighted by Crippen LogP contribution is 2.22. The highest BCUT2D eigenvalue weighted by Gasteiger charge is 2.28. The summed E-state index contributed by atoms with van der Waals surface area (Å²) in [6.45, 7) is 4.79. The van der Waals surface area contributed by atoms with Gasteiger partial charge < -0.3 is 0 Å². The molecular weight excluding hydrogens is 306 g/mol. The number of nitrogens with zero attached hydrogens (tertiary/aromatic N) is 3. The summed E-state index contributed by atoms with van der Waals surface area (Å²) in [5.74, 6) is 0.560. The van der Waals surface area contributed by atoms with Gasteiger partial charge in [0.15, 0.2) is 5.17 Å². The normalized spacial score (nSPS) is 17.3. The van der Waals surface area contributed by atoms with Crippen LogP contribution in [0.2, 0.25) is 0 Å². The third-order valence-corrected chi connectivity index (χ3v) is 4.69. The zero-order valence-electron chi connectivity index (χ0n) is 14.0. The van der Waals surface area contributed by atoms with Gasteiger partial charge in [-0.3, -0.25) is 9.69 Å². The van der Waals surface area contributed by atoms with E-state index in [-0.39, 0.29) is 5.91 Å². The van der Waals surface area contributed by atoms with Crippen LogP contribution in [0.4, 0.5) is 0 Å². The maximum absolute atomic E-state index is 12.1. The molecule has 1 aromatic carbocycles. The van der Waals surface area contributed by atoms with E-state index >= 15 is 0 Å². The van der Waals surface area contributed by atoms with Crippen LogP contribution in [0, 0.1) is 0 Å². The van der Waals surface area contributed by atoms with E-state index in [1.165, 1.54) is 31.0 Å². The summed E-state index contributed by atoms with van der Waals surface area (Å²) in [6, 6.07) is 9.99. The lowest BCUT2D eigenvalue weighted by molar-refractivity contribution is -0.124. The first-order chi connectivity index (χ1) is 11.2. The predicted octanol–water partition coefficient (Wildman–Crippen LogP) is 4.46. The molecule has 23 heavy (non-hydrogen) atoms. The van der Waals surface area contributed by atoms with Crippen molar-refractivity contribution < 1.29 is 4.79 Å². The summed E-state index contributed by atoms with van der Waals surface area (Å²) in [6.07, 6.45) is 5.90. The van der Waals surface area contributed by atoms with E-state index in [0.29, 0.717) is 17.5 Å². The van der Waals surface area contributed by atoms with E-state index in [9.17, 15) is 4.79 Å². The van der Waals surface area contributed by atoms with E-state index in [2.05, 4.69) is 17.1 Å². The first-order valence-electron chi connectivity index (χ1n) is 8.29. The van der Waals surface area contributed by atoms with E-state index in [4.69, 9.17) is 0 Å². The van der Waals surface area contributed by atoms with Crippen molar-refractivity contribution in [2.24, 2.45) is 10.2 Å². The van der Waals surface area contributed by atoms with Crippen molar-refractivity contribution in [3.05, 3.63) is 35.9 Å². The zero-order chi connectivity index (χ0) is 16.5. The quantitative estimate of drug-likeness (QED) is 0.401. The Kier molecular flexibility index (Phi) is 7.33. The third-order valence-electron chi connectivity index (χ3n) is 3.74. The molecule has 124 valence electrons. The van der Waals surface area contributed by atoms with E-state index in [1.54, 1.807) is 4.90 Å². The van der Waals surface area contributed by atoms with Crippen LogP contribution in [0.3, 0.4) is 0 Å². The van der Waals surface area contributed by atoms with Gasteiger partial charge in [0.2, 0.25) is 5.91 Å². The molecule has 0 aromatic heterocycles. The third kappa shape index (κ3) is 5.82. The Hall–Kier alpha value is -1.62. The minimum Gasteiger partial charge on any atom is -0.285 e. The number of amides is 1. The zero-order valence-corrected chi connectivity index (χ0v) is 14.8. The summed E-state index contributed by atoms with van der Waals surface area (Å²) in [7, 11) is 0. The highest BCUT2D eigenvalue weighted by atomic mass is 32.2. The number of carbonyl (C=O) groups excluding carboxylic acids is 1. The molecule has 5 heteroatoms. The fourth-order valence-electron chi connectivity index (χ4n) is 2.38. The van der Waals surface area contributed by atoms with Crippen LogP contribution < -0.4 is 0 Å². The number of amidine groups is 1. The molecule has 0 saturated carbocycles. The molecule has 0 N–H and O–H groups in total. The summed E-state index contributed by atoms with van der Waals surface area (Å²) in [5, 5.41) is 9.36. The van der Waals surface area contributed by atoms with Gasteiger partial charge in [-0.1, -0.05) is 68.3 Å². The number of thioether (sulfide) groups is 1. The van der Waals surface area contributed by atoms with Crippen LogP contribution >= 0.6 is 11.8 Å². The van der Waals surface area contributed by atoms with Crippen LogP contribution in [0.25, 0.3) is 0 Å². The van der Waals surface area contributed by atoms with Gasteiger partial charge in [-0.2, -0.15) is 5.10 Å². The van der Waals surface area contributed by atoms with Crippen LogP contribution in [0.1, 0.15) is 51.5 Å². The molecule has 0 aliphatic carbocycles. The van der Waals surface area contributed by atoms with E-state index in [0.717, 1.165) is 24.1 Å². The lowest BCUT2D eigenvalue weighted by Crippen LogP contribution is -2.28. The Morgan fingerprint density at radius 2 is 2.00 bits per heavy atom. The Morgan fingerprint density at radius 3 is 2.74 bits per heavy atom. The van der Waals surface area contributed by atoms with Crippen molar-refractivity contribution in [2.45, 2.75) is 52.5 Å². The van der Waals surface area contributed by atoms with E-state index in [1.807, 2.05) is 37.3 Å². The molecule has 0 bridgehead atoms. The summed E-state index contributed by atoms with van der Waals surface area (Å²) in [5.41, 5.74) is 2.14. The molecule has 0 unspecified atom stereocenters. The first-order valence-corrected chi connectivity index (χ1v) is 9.27. The van der Waals surface area contributed by atoms with Crippen molar-refractivity contribution in [3.8, 4) is 0 Å². The smallest absolute Gasteiger partial charge is 0.239 e. The van der Waals surface area contributed by atoms with Gasteiger partial charge in [0, 0.05) is 5.71 Å². The lowest BCUT2D eigenvalue weighted by Gasteiger charge is -2.15. The van der Waals surface area contributed by atoms with Crippen molar-refractivity contribution in [1.82, 2.24) is 4.90 Å². The average molecular weight is 331 g/mol. The van der Waals surface area contributed by atoms with Gasteiger partial charge in [-0.05, 0) is 25.3 Å². The first kappa shape index (κ1) is 17.7. The maximum atomic E-state index is 12.1. The minimum atomic E-state index is 0.105. The van der Waals surface area contributed by atoms with Gasteiger partial charge in [0.1, 0.15) is 0 Å². The number of benzene rings is 1. The summed E-state index contributed by atoms with van der Waals surface area (Å²) in [4.78, 5) is 13.8. The fraction of sp³-hybridized carbons (Fsp3) is 0.500.